The van der Waals surface area contributed by atoms with Gasteiger partial charge in [0.15, 0.2) is 0 Å². The second-order valence-corrected chi connectivity index (χ2v) is 15.5. The number of hydrogen-bond acceptors (Lipinski definition) is 3. The molecule has 3 aromatic rings. The van der Waals surface area contributed by atoms with Crippen LogP contribution in [0, 0.1) is 11.8 Å². The molecule has 43 heavy (non-hydrogen) atoms. The summed E-state index contributed by atoms with van der Waals surface area (Å²) >= 11 is 0. The summed E-state index contributed by atoms with van der Waals surface area (Å²) in [6.07, 6.45) is 3.21. The fourth-order valence-corrected chi connectivity index (χ4v) is 6.01. The second-order valence-electron chi connectivity index (χ2n) is 15.5. The molecule has 0 aliphatic heterocycles. The van der Waals surface area contributed by atoms with Crippen LogP contribution in [0.4, 0.5) is 17.1 Å². The lowest BCUT2D eigenvalue weighted by molar-refractivity contribution is 0.432. The predicted octanol–water partition coefficient (Wildman–Crippen LogP) is 11.3. The largest absolute Gasteiger partial charge is 0.507 e. The van der Waals surface area contributed by atoms with Gasteiger partial charge in [-0.15, -0.1) is 6.58 Å². The molecule has 2 N–H and O–H groups in total. The first-order chi connectivity index (χ1) is 19.9. The number of aromatic hydroxyl groups is 1. The van der Waals surface area contributed by atoms with Crippen molar-refractivity contribution in [2.24, 2.45) is 11.8 Å². The van der Waals surface area contributed by atoms with E-state index in [0.29, 0.717) is 30.2 Å². The number of phenolic OH excluding ortho intramolecular Hbond substituents is 1. The highest BCUT2D eigenvalue weighted by molar-refractivity contribution is 5.64. The van der Waals surface area contributed by atoms with Gasteiger partial charge in [0.2, 0.25) is 0 Å². The summed E-state index contributed by atoms with van der Waals surface area (Å²) in [5.41, 5.74) is 9.04. The van der Waals surface area contributed by atoms with E-state index in [1.54, 1.807) is 0 Å². The fraction of sp³-hybridized carbons (Fsp3) is 0.500. The van der Waals surface area contributed by atoms with Crippen molar-refractivity contribution in [3.8, 4) is 5.75 Å². The van der Waals surface area contributed by atoms with E-state index in [4.69, 9.17) is 0 Å². The number of nitrogens with one attached hydrogen (secondary N) is 1. The molecule has 0 spiro atoms. The lowest BCUT2D eigenvalue weighted by Gasteiger charge is -2.34. The van der Waals surface area contributed by atoms with Crippen LogP contribution < -0.4 is 10.2 Å². The minimum atomic E-state index is -0.150. The first kappa shape index (κ1) is 34.3. The van der Waals surface area contributed by atoms with Crippen molar-refractivity contribution in [1.82, 2.24) is 0 Å². The zero-order valence-corrected chi connectivity index (χ0v) is 28.9. The van der Waals surface area contributed by atoms with Crippen LogP contribution in [0.15, 0.2) is 72.8 Å². The van der Waals surface area contributed by atoms with Gasteiger partial charge in [0.25, 0.3) is 0 Å². The molecule has 3 heteroatoms. The van der Waals surface area contributed by atoms with Crippen molar-refractivity contribution < 1.29 is 5.11 Å². The maximum atomic E-state index is 11.5. The molecule has 0 saturated carbocycles. The third-order valence-electron chi connectivity index (χ3n) is 8.27. The average molecular weight is 583 g/mol. The molecule has 234 valence electrons. The monoisotopic (exact) mass is 582 g/mol. The minimum Gasteiger partial charge on any atom is -0.507 e. The highest BCUT2D eigenvalue weighted by Gasteiger charge is 2.27. The van der Waals surface area contributed by atoms with Gasteiger partial charge in [-0.2, -0.15) is 0 Å². The van der Waals surface area contributed by atoms with E-state index >= 15 is 0 Å². The van der Waals surface area contributed by atoms with E-state index in [1.165, 1.54) is 22.4 Å². The molecule has 0 fully saturated rings. The first-order valence-electron chi connectivity index (χ1n) is 16.2. The highest BCUT2D eigenvalue weighted by atomic mass is 16.3. The Balaban J connectivity index is 1.87. The third kappa shape index (κ3) is 9.91. The standard InChI is InChI=1S/C40H58N2O/c1-27(2)21-29(5)23-31-13-15-34(16-14-31)41-35-17-19-36(20-18-35)42(30(6)22-28(3)4)26-32-24-33(39(7,8)9)25-37(38(32)43)40(10,11)12/h13-20,24-25,28-30,41,43H,1,21-23,26H2,2-12H3. The van der Waals surface area contributed by atoms with Crippen molar-refractivity contribution in [3.05, 3.63) is 95.1 Å². The molecule has 0 aliphatic carbocycles. The number of anilines is 3. The van der Waals surface area contributed by atoms with E-state index in [9.17, 15) is 5.11 Å². The molecular formula is C40H58N2O. The number of nitrogens with zero attached hydrogens (tertiary/aromatic N) is 1. The third-order valence-corrected chi connectivity index (χ3v) is 8.27. The van der Waals surface area contributed by atoms with E-state index in [-0.39, 0.29) is 10.8 Å². The summed E-state index contributed by atoms with van der Waals surface area (Å²) in [5.74, 6) is 1.60. The van der Waals surface area contributed by atoms with Crippen LogP contribution in [0.2, 0.25) is 0 Å². The molecule has 0 aromatic heterocycles. The average Bonchev–Trinajstić information content (AvgIpc) is 2.87. The normalized spacial score (nSPS) is 13.6. The highest BCUT2D eigenvalue weighted by Crippen LogP contribution is 2.39. The molecule has 3 nitrogen and oxygen atoms in total. The summed E-state index contributed by atoms with van der Waals surface area (Å²) < 4.78 is 0. The van der Waals surface area contributed by atoms with Crippen LogP contribution in [0.5, 0.6) is 5.75 Å². The van der Waals surface area contributed by atoms with Crippen molar-refractivity contribution in [2.45, 2.75) is 119 Å². The van der Waals surface area contributed by atoms with Gasteiger partial charge in [0, 0.05) is 35.2 Å². The Hall–Kier alpha value is -3.20. The zero-order valence-electron chi connectivity index (χ0n) is 28.9. The Labute approximate surface area is 263 Å². The van der Waals surface area contributed by atoms with Gasteiger partial charge in [-0.05, 0) is 115 Å². The second kappa shape index (κ2) is 14.1. The quantitative estimate of drug-likeness (QED) is 0.208. The number of phenols is 1. The van der Waals surface area contributed by atoms with E-state index < -0.39 is 0 Å². The molecular weight excluding hydrogens is 524 g/mol. The lowest BCUT2D eigenvalue weighted by atomic mass is 9.79. The summed E-state index contributed by atoms with van der Waals surface area (Å²) in [7, 11) is 0. The molecule has 0 aliphatic rings. The van der Waals surface area contributed by atoms with Crippen LogP contribution >= 0.6 is 0 Å². The Morgan fingerprint density at radius 3 is 1.88 bits per heavy atom. The Morgan fingerprint density at radius 2 is 1.40 bits per heavy atom. The molecule has 0 saturated heterocycles. The van der Waals surface area contributed by atoms with Crippen LogP contribution in [0.1, 0.15) is 111 Å². The Kier molecular flexibility index (Phi) is 11.2. The zero-order chi connectivity index (χ0) is 32.1. The molecule has 0 bridgehead atoms. The maximum absolute atomic E-state index is 11.5. The van der Waals surface area contributed by atoms with Crippen molar-refractivity contribution in [2.75, 3.05) is 10.2 Å². The van der Waals surface area contributed by atoms with Crippen LogP contribution in [-0.4, -0.2) is 11.1 Å². The molecule has 2 unspecified atom stereocenters. The van der Waals surface area contributed by atoms with E-state index in [2.05, 4.69) is 154 Å². The summed E-state index contributed by atoms with van der Waals surface area (Å²) in [6.45, 7) is 29.3. The molecule has 3 rings (SSSR count). The number of hydrogen-bond donors (Lipinski definition) is 2. The van der Waals surface area contributed by atoms with Gasteiger partial charge >= 0.3 is 0 Å². The van der Waals surface area contributed by atoms with Crippen LogP contribution in [0.3, 0.4) is 0 Å². The predicted molar refractivity (Wildman–Crippen MR) is 189 cm³/mol. The summed E-state index contributed by atoms with van der Waals surface area (Å²) in [4.78, 5) is 2.46. The van der Waals surface area contributed by atoms with E-state index in [1.807, 2.05) is 0 Å². The molecule has 0 amide bonds. The fourth-order valence-electron chi connectivity index (χ4n) is 6.01. The van der Waals surface area contributed by atoms with Gasteiger partial charge < -0.3 is 15.3 Å². The van der Waals surface area contributed by atoms with Crippen molar-refractivity contribution in [1.29, 1.82) is 0 Å². The first-order valence-corrected chi connectivity index (χ1v) is 16.2. The maximum Gasteiger partial charge on any atom is 0.124 e. The topological polar surface area (TPSA) is 35.5 Å². The minimum absolute atomic E-state index is 0.00870. The van der Waals surface area contributed by atoms with Gasteiger partial charge in [0.1, 0.15) is 5.75 Å². The van der Waals surface area contributed by atoms with Crippen molar-refractivity contribution in [3.63, 3.8) is 0 Å². The number of rotatable bonds is 12. The Bertz CT molecular complexity index is 1340. The Morgan fingerprint density at radius 1 is 0.837 bits per heavy atom. The van der Waals surface area contributed by atoms with Crippen LogP contribution in [0.25, 0.3) is 0 Å². The smallest absolute Gasteiger partial charge is 0.124 e. The number of benzene rings is 3. The summed E-state index contributed by atoms with van der Waals surface area (Å²) in [5, 5.41) is 15.1. The van der Waals surface area contributed by atoms with Crippen LogP contribution in [-0.2, 0) is 23.8 Å². The van der Waals surface area contributed by atoms with Gasteiger partial charge in [-0.25, -0.2) is 0 Å². The molecule has 3 aromatic carbocycles. The number of allylic oxidation sites excluding steroid dienone is 1. The SMILES string of the molecule is C=C(C)CC(C)Cc1ccc(Nc2ccc(N(Cc3cc(C(C)(C)C)cc(C(C)(C)C)c3O)C(C)CC(C)C)cc2)cc1. The van der Waals surface area contributed by atoms with Gasteiger partial charge in [0.05, 0.1) is 0 Å². The molecule has 2 atom stereocenters. The summed E-state index contributed by atoms with van der Waals surface area (Å²) in [6, 6.07) is 22.3. The molecule has 0 heterocycles. The van der Waals surface area contributed by atoms with Crippen molar-refractivity contribution >= 4 is 17.1 Å². The molecule has 0 radical (unpaired) electrons. The van der Waals surface area contributed by atoms with Gasteiger partial charge in [-0.3, -0.25) is 0 Å². The lowest BCUT2D eigenvalue weighted by Crippen LogP contribution is -2.34. The van der Waals surface area contributed by atoms with E-state index in [0.717, 1.165) is 41.8 Å². The van der Waals surface area contributed by atoms with Gasteiger partial charge in [-0.1, -0.05) is 86.1 Å².